The largest absolute Gasteiger partial charge is 0.453 e. The van der Waals surface area contributed by atoms with E-state index in [1.54, 1.807) is 0 Å². The molecule has 0 radical (unpaired) electrons. The van der Waals surface area contributed by atoms with E-state index >= 15 is 0 Å². The van der Waals surface area contributed by atoms with Crippen molar-refractivity contribution >= 4 is 17.7 Å². The van der Waals surface area contributed by atoms with Crippen molar-refractivity contribution in [3.63, 3.8) is 0 Å². The summed E-state index contributed by atoms with van der Waals surface area (Å²) < 4.78 is 4.71. The summed E-state index contributed by atoms with van der Waals surface area (Å²) in [6.07, 6.45) is 5.01. The maximum absolute atomic E-state index is 11.6. The number of ether oxygens (including phenoxy) is 1. The van der Waals surface area contributed by atoms with Crippen molar-refractivity contribution in [1.29, 1.82) is 0 Å². The number of rotatable bonds is 8. The molecule has 2 unspecified atom stereocenters. The van der Waals surface area contributed by atoms with Crippen molar-refractivity contribution < 1.29 is 9.53 Å². The molecule has 1 aromatic carbocycles. The number of amides is 1. The van der Waals surface area contributed by atoms with Gasteiger partial charge in [-0.3, -0.25) is 10.4 Å². The van der Waals surface area contributed by atoms with Gasteiger partial charge in [-0.25, -0.2) is 4.79 Å². The molecule has 1 aromatic heterocycles. The number of carbonyl (C=O) groups excluding carboxylic acids is 1. The molecule has 2 aromatic rings. The highest BCUT2D eigenvalue weighted by Crippen LogP contribution is 2.31. The number of nitrogens with zero attached hydrogens (tertiary/aromatic N) is 1. The predicted molar refractivity (Wildman–Crippen MR) is 110 cm³/mol. The number of allylic oxidation sites excluding steroid dienone is 3. The highest BCUT2D eigenvalue weighted by atomic mass is 35.5. The number of halogens is 1. The van der Waals surface area contributed by atoms with E-state index in [-0.39, 0.29) is 5.92 Å². The van der Waals surface area contributed by atoms with Gasteiger partial charge in [0.05, 0.1) is 17.8 Å². The highest BCUT2D eigenvalue weighted by molar-refractivity contribution is 6.33. The average Bonchev–Trinajstić information content (AvgIpc) is 3.16. The fraction of sp³-hybridized carbons (Fsp3) is 0.333. The molecule has 0 aliphatic heterocycles. The Labute approximate surface area is 165 Å². The van der Waals surface area contributed by atoms with Gasteiger partial charge in [0.15, 0.2) is 0 Å². The van der Waals surface area contributed by atoms with Crippen molar-refractivity contribution in [2.75, 3.05) is 7.11 Å². The zero-order valence-corrected chi connectivity index (χ0v) is 16.7. The summed E-state index contributed by atoms with van der Waals surface area (Å²) >= 11 is 6.29. The maximum Gasteiger partial charge on any atom is 0.411 e. The van der Waals surface area contributed by atoms with Gasteiger partial charge in [-0.05, 0) is 30.9 Å². The lowest BCUT2D eigenvalue weighted by atomic mass is 9.91. The van der Waals surface area contributed by atoms with E-state index in [9.17, 15) is 4.79 Å². The lowest BCUT2D eigenvalue weighted by Gasteiger charge is -2.16. The van der Waals surface area contributed by atoms with Crippen LogP contribution in [0.15, 0.2) is 54.8 Å². The van der Waals surface area contributed by atoms with Crippen molar-refractivity contribution in [3.05, 3.63) is 65.5 Å². The first-order valence-electron chi connectivity index (χ1n) is 8.96. The van der Waals surface area contributed by atoms with E-state index in [0.717, 1.165) is 29.1 Å². The molecular weight excluding hydrogens is 362 g/mol. The first kappa shape index (κ1) is 20.8. The lowest BCUT2D eigenvalue weighted by Crippen LogP contribution is -2.22. The third kappa shape index (κ3) is 5.73. The van der Waals surface area contributed by atoms with Crippen LogP contribution < -0.4 is 5.32 Å². The smallest absolute Gasteiger partial charge is 0.411 e. The van der Waals surface area contributed by atoms with E-state index in [4.69, 9.17) is 16.3 Å². The first-order chi connectivity index (χ1) is 13.0. The summed E-state index contributed by atoms with van der Waals surface area (Å²) in [4.78, 5) is 11.6. The minimum absolute atomic E-state index is 0.0360. The molecule has 1 heterocycles. The van der Waals surface area contributed by atoms with Crippen LogP contribution in [-0.4, -0.2) is 23.4 Å². The monoisotopic (exact) mass is 387 g/mol. The van der Waals surface area contributed by atoms with E-state index < -0.39 is 6.09 Å². The topological polar surface area (TPSA) is 67.0 Å². The van der Waals surface area contributed by atoms with Gasteiger partial charge < -0.3 is 4.74 Å². The third-order valence-corrected chi connectivity index (χ3v) is 4.74. The van der Waals surface area contributed by atoms with Gasteiger partial charge in [-0.2, -0.15) is 5.10 Å². The Balaban J connectivity index is 2.35. The Hall–Kier alpha value is -2.53. The molecule has 0 aliphatic carbocycles. The second kappa shape index (κ2) is 9.97. The van der Waals surface area contributed by atoms with Crippen LogP contribution in [0.5, 0.6) is 0 Å². The van der Waals surface area contributed by atoms with E-state index in [1.165, 1.54) is 7.11 Å². The quantitative estimate of drug-likeness (QED) is 0.573. The van der Waals surface area contributed by atoms with Crippen LogP contribution in [0.3, 0.4) is 0 Å². The summed E-state index contributed by atoms with van der Waals surface area (Å²) in [5, 5.41) is 11.0. The maximum atomic E-state index is 11.6. The van der Waals surface area contributed by atoms with Crippen LogP contribution in [-0.2, 0) is 4.74 Å². The molecule has 2 atom stereocenters. The lowest BCUT2D eigenvalue weighted by molar-refractivity contribution is 0.174. The van der Waals surface area contributed by atoms with Crippen LogP contribution in [0.4, 0.5) is 4.79 Å². The van der Waals surface area contributed by atoms with Crippen molar-refractivity contribution in [1.82, 2.24) is 15.5 Å². The number of H-pyrrole nitrogens is 1. The summed E-state index contributed by atoms with van der Waals surface area (Å²) in [7, 11) is 1.35. The molecule has 0 spiro atoms. The number of hydrogen-bond acceptors (Lipinski definition) is 3. The fourth-order valence-electron chi connectivity index (χ4n) is 2.79. The van der Waals surface area contributed by atoms with Gasteiger partial charge in [0.1, 0.15) is 0 Å². The Morgan fingerprint density at radius 1 is 1.44 bits per heavy atom. The predicted octanol–water partition coefficient (Wildman–Crippen LogP) is 5.68. The molecule has 2 N–H and O–H groups in total. The number of aromatic amines is 1. The fourth-order valence-corrected chi connectivity index (χ4v) is 3.02. The number of carbonyl (C=O) groups is 1. The SMILES string of the molecule is C=CC(C)CC(/C=C(\CC)NC(=O)OC)c1cc(-c2ccccc2Cl)n[nH]1. The summed E-state index contributed by atoms with van der Waals surface area (Å²) in [5.41, 5.74) is 3.43. The molecule has 0 aliphatic rings. The van der Waals surface area contributed by atoms with Crippen LogP contribution >= 0.6 is 11.6 Å². The van der Waals surface area contributed by atoms with Gasteiger partial charge in [0.2, 0.25) is 0 Å². The Morgan fingerprint density at radius 3 is 2.81 bits per heavy atom. The molecule has 144 valence electrons. The van der Waals surface area contributed by atoms with Crippen LogP contribution in [0, 0.1) is 5.92 Å². The van der Waals surface area contributed by atoms with Gasteiger partial charge >= 0.3 is 6.09 Å². The molecule has 27 heavy (non-hydrogen) atoms. The molecule has 6 heteroatoms. The van der Waals surface area contributed by atoms with Crippen molar-refractivity contribution in [2.24, 2.45) is 5.92 Å². The standard InChI is InChI=1S/C21H26ClN3O2/c1-5-14(3)11-15(12-16(6-2)23-21(26)27-4)19-13-20(25-24-19)17-9-7-8-10-18(17)22/h5,7-10,12-15H,1,6,11H2,2-4H3,(H,23,26)(H,24,25)/b16-12+. The van der Waals surface area contributed by atoms with E-state index in [0.29, 0.717) is 17.4 Å². The number of alkyl carbamates (subject to hydrolysis) is 1. The Morgan fingerprint density at radius 2 is 2.19 bits per heavy atom. The van der Waals surface area contributed by atoms with Gasteiger partial charge in [-0.15, -0.1) is 6.58 Å². The second-order valence-electron chi connectivity index (χ2n) is 6.41. The highest BCUT2D eigenvalue weighted by Gasteiger charge is 2.17. The first-order valence-corrected chi connectivity index (χ1v) is 9.34. The van der Waals surface area contributed by atoms with Crippen LogP contribution in [0.2, 0.25) is 5.02 Å². The minimum atomic E-state index is -0.472. The van der Waals surface area contributed by atoms with Gasteiger partial charge in [0.25, 0.3) is 0 Å². The number of nitrogens with one attached hydrogen (secondary N) is 2. The molecule has 5 nitrogen and oxygen atoms in total. The van der Waals surface area contributed by atoms with E-state index in [2.05, 4.69) is 29.0 Å². The second-order valence-corrected chi connectivity index (χ2v) is 6.81. The molecular formula is C21H26ClN3O2. The minimum Gasteiger partial charge on any atom is -0.453 e. The number of aromatic nitrogens is 2. The molecule has 0 saturated heterocycles. The Bertz CT molecular complexity index is 813. The number of benzene rings is 1. The zero-order chi connectivity index (χ0) is 19.8. The average molecular weight is 388 g/mol. The molecule has 1 amide bonds. The summed E-state index contributed by atoms with van der Waals surface area (Å²) in [6, 6.07) is 9.61. The van der Waals surface area contributed by atoms with Crippen molar-refractivity contribution in [2.45, 2.75) is 32.6 Å². The molecule has 2 rings (SSSR count). The Kier molecular flexibility index (Phi) is 7.67. The zero-order valence-electron chi connectivity index (χ0n) is 16.0. The van der Waals surface area contributed by atoms with Gasteiger partial charge in [0, 0.05) is 22.9 Å². The van der Waals surface area contributed by atoms with E-state index in [1.807, 2.05) is 49.4 Å². The number of methoxy groups -OCH3 is 1. The summed E-state index contributed by atoms with van der Waals surface area (Å²) in [5.74, 6) is 0.336. The molecule has 0 fully saturated rings. The third-order valence-electron chi connectivity index (χ3n) is 4.41. The van der Waals surface area contributed by atoms with Crippen LogP contribution in [0.25, 0.3) is 11.3 Å². The number of hydrogen-bond donors (Lipinski definition) is 2. The molecule has 0 bridgehead atoms. The molecule has 0 saturated carbocycles. The van der Waals surface area contributed by atoms with Gasteiger partial charge in [-0.1, -0.05) is 55.8 Å². The van der Waals surface area contributed by atoms with Crippen molar-refractivity contribution in [3.8, 4) is 11.3 Å². The normalized spacial score (nSPS) is 13.7. The summed E-state index contributed by atoms with van der Waals surface area (Å²) in [6.45, 7) is 7.97. The van der Waals surface area contributed by atoms with Crippen LogP contribution in [0.1, 0.15) is 38.3 Å².